The summed E-state index contributed by atoms with van der Waals surface area (Å²) in [5.74, 6) is 0.221. The molecule has 0 aliphatic rings. The molecular formula is C24H32ClN3O. The summed E-state index contributed by atoms with van der Waals surface area (Å²) in [6, 6.07) is 9.60. The number of aromatic hydroxyl groups is 1. The molecule has 0 spiro atoms. The molecule has 2 aromatic carbocycles. The minimum atomic E-state index is -0.220. The lowest BCUT2D eigenvalue weighted by Gasteiger charge is -2.34. The van der Waals surface area contributed by atoms with E-state index in [-0.39, 0.29) is 22.0 Å². The molecule has 0 saturated carbocycles. The first-order valence-electron chi connectivity index (χ1n) is 10.1. The van der Waals surface area contributed by atoms with Gasteiger partial charge in [-0.1, -0.05) is 73.1 Å². The first kappa shape index (κ1) is 21.6. The van der Waals surface area contributed by atoms with E-state index in [2.05, 4.69) is 71.7 Å². The molecule has 0 radical (unpaired) electrons. The van der Waals surface area contributed by atoms with Gasteiger partial charge in [-0.05, 0) is 52.5 Å². The molecule has 0 aliphatic carbocycles. The normalized spacial score (nSPS) is 13.3. The van der Waals surface area contributed by atoms with Crippen LogP contribution in [0, 0.1) is 5.41 Å². The van der Waals surface area contributed by atoms with Gasteiger partial charge in [0.1, 0.15) is 22.5 Å². The van der Waals surface area contributed by atoms with Crippen molar-refractivity contribution in [1.29, 1.82) is 0 Å². The molecule has 3 aromatic rings. The smallest absolute Gasteiger partial charge is 0.146 e. The Balaban J connectivity index is 2.25. The van der Waals surface area contributed by atoms with Gasteiger partial charge in [0.05, 0.1) is 0 Å². The van der Waals surface area contributed by atoms with Gasteiger partial charge >= 0.3 is 0 Å². The highest BCUT2D eigenvalue weighted by atomic mass is 35.5. The molecule has 1 aromatic heterocycles. The van der Waals surface area contributed by atoms with E-state index in [9.17, 15) is 5.11 Å². The van der Waals surface area contributed by atoms with Gasteiger partial charge < -0.3 is 5.11 Å². The molecule has 0 atom stereocenters. The van der Waals surface area contributed by atoms with Crippen molar-refractivity contribution in [3.8, 4) is 11.4 Å². The van der Waals surface area contributed by atoms with Gasteiger partial charge in [-0.15, -0.1) is 15.0 Å². The lowest BCUT2D eigenvalue weighted by atomic mass is 9.71. The highest BCUT2D eigenvalue weighted by molar-refractivity contribution is 6.31. The monoisotopic (exact) mass is 413 g/mol. The van der Waals surface area contributed by atoms with E-state index >= 15 is 0 Å². The average Bonchev–Trinajstić information content (AvgIpc) is 2.94. The Kier molecular flexibility index (Phi) is 5.23. The van der Waals surface area contributed by atoms with E-state index in [1.54, 1.807) is 12.1 Å². The van der Waals surface area contributed by atoms with Crippen LogP contribution in [-0.4, -0.2) is 20.1 Å². The SMILES string of the molecule is CC(C)(C)CC(C)(C)c1cc(-n2nc3ccc(Cl)cc3n2)c(O)c(C(C)(C)C)c1. The molecule has 0 fully saturated rings. The Morgan fingerprint density at radius 2 is 1.52 bits per heavy atom. The first-order valence-corrected chi connectivity index (χ1v) is 10.5. The maximum atomic E-state index is 11.2. The van der Waals surface area contributed by atoms with Crippen molar-refractivity contribution < 1.29 is 5.11 Å². The standard InChI is InChI=1S/C24H32ClN3O/c1-22(2,3)14-24(7,8)15-11-17(23(4,5)6)21(29)20(12-15)28-26-18-10-9-16(25)13-19(18)27-28/h9-13,29H,14H2,1-8H3. The fraction of sp³-hybridized carbons (Fsp3) is 0.500. The molecular weight excluding hydrogens is 382 g/mol. The molecule has 0 aliphatic heterocycles. The second-order valence-electron chi connectivity index (χ2n) is 10.9. The highest BCUT2D eigenvalue weighted by Gasteiger charge is 2.31. The van der Waals surface area contributed by atoms with Crippen molar-refractivity contribution in [2.24, 2.45) is 5.41 Å². The van der Waals surface area contributed by atoms with Gasteiger partial charge in [-0.2, -0.15) is 0 Å². The zero-order valence-electron chi connectivity index (χ0n) is 18.8. The van der Waals surface area contributed by atoms with Crippen LogP contribution in [0.2, 0.25) is 5.02 Å². The van der Waals surface area contributed by atoms with Crippen LogP contribution >= 0.6 is 11.6 Å². The van der Waals surface area contributed by atoms with Crippen LogP contribution in [0.25, 0.3) is 16.7 Å². The third kappa shape index (κ3) is 4.58. The van der Waals surface area contributed by atoms with E-state index < -0.39 is 0 Å². The van der Waals surface area contributed by atoms with Crippen LogP contribution in [0.5, 0.6) is 5.75 Å². The van der Waals surface area contributed by atoms with Crippen LogP contribution in [0.3, 0.4) is 0 Å². The van der Waals surface area contributed by atoms with Crippen LogP contribution in [-0.2, 0) is 10.8 Å². The lowest BCUT2D eigenvalue weighted by Crippen LogP contribution is -2.26. The Hall–Kier alpha value is -2.07. The zero-order valence-corrected chi connectivity index (χ0v) is 19.5. The van der Waals surface area contributed by atoms with E-state index in [4.69, 9.17) is 11.6 Å². The van der Waals surface area contributed by atoms with Crippen molar-refractivity contribution in [2.45, 2.75) is 72.6 Å². The predicted octanol–water partition coefficient (Wildman–Crippen LogP) is 6.79. The number of hydrogen-bond acceptors (Lipinski definition) is 3. The van der Waals surface area contributed by atoms with Crippen LogP contribution in [0.4, 0.5) is 0 Å². The summed E-state index contributed by atoms with van der Waals surface area (Å²) in [6.45, 7) is 17.6. The van der Waals surface area contributed by atoms with Crippen molar-refractivity contribution in [2.75, 3.05) is 0 Å². The molecule has 156 valence electrons. The second-order valence-corrected chi connectivity index (χ2v) is 11.3. The number of nitrogens with zero attached hydrogens (tertiary/aromatic N) is 3. The third-order valence-corrected chi connectivity index (χ3v) is 5.44. The predicted molar refractivity (Wildman–Crippen MR) is 121 cm³/mol. The summed E-state index contributed by atoms with van der Waals surface area (Å²) in [7, 11) is 0. The van der Waals surface area contributed by atoms with Gasteiger partial charge in [0.15, 0.2) is 0 Å². The Labute approximate surface area is 178 Å². The van der Waals surface area contributed by atoms with Gasteiger partial charge in [0.2, 0.25) is 0 Å². The molecule has 4 nitrogen and oxygen atoms in total. The molecule has 1 N–H and O–H groups in total. The fourth-order valence-corrected chi connectivity index (χ4v) is 4.32. The summed E-state index contributed by atoms with van der Waals surface area (Å²) in [6.07, 6.45) is 1.01. The van der Waals surface area contributed by atoms with Gasteiger partial charge in [-0.3, -0.25) is 0 Å². The van der Waals surface area contributed by atoms with Gasteiger partial charge in [0.25, 0.3) is 0 Å². The Morgan fingerprint density at radius 3 is 2.10 bits per heavy atom. The lowest BCUT2D eigenvalue weighted by molar-refractivity contribution is 0.283. The summed E-state index contributed by atoms with van der Waals surface area (Å²) in [4.78, 5) is 1.53. The van der Waals surface area contributed by atoms with Crippen LogP contribution in [0.1, 0.15) is 72.9 Å². The molecule has 3 rings (SSSR count). The van der Waals surface area contributed by atoms with Crippen molar-refractivity contribution >= 4 is 22.6 Å². The second kappa shape index (κ2) is 7.02. The number of phenols is 1. The first-order chi connectivity index (χ1) is 13.2. The maximum Gasteiger partial charge on any atom is 0.146 e. The summed E-state index contributed by atoms with van der Waals surface area (Å²) in [5.41, 5.74) is 3.99. The minimum absolute atomic E-state index is 0.0728. The fourth-order valence-electron chi connectivity index (χ4n) is 4.16. The summed E-state index contributed by atoms with van der Waals surface area (Å²) in [5, 5.41) is 20.9. The largest absolute Gasteiger partial charge is 0.505 e. The molecule has 0 saturated heterocycles. The van der Waals surface area contributed by atoms with Crippen LogP contribution < -0.4 is 0 Å². The van der Waals surface area contributed by atoms with Crippen molar-refractivity contribution in [3.05, 3.63) is 46.5 Å². The summed E-state index contributed by atoms with van der Waals surface area (Å²) < 4.78 is 0. The number of halogens is 1. The topological polar surface area (TPSA) is 50.9 Å². The number of aromatic nitrogens is 3. The average molecular weight is 414 g/mol. The third-order valence-electron chi connectivity index (χ3n) is 5.21. The van der Waals surface area contributed by atoms with E-state index in [0.29, 0.717) is 16.2 Å². The number of rotatable bonds is 3. The van der Waals surface area contributed by atoms with Crippen molar-refractivity contribution in [1.82, 2.24) is 15.0 Å². The molecule has 29 heavy (non-hydrogen) atoms. The molecule has 0 amide bonds. The zero-order chi connectivity index (χ0) is 21.8. The summed E-state index contributed by atoms with van der Waals surface area (Å²) >= 11 is 6.11. The quantitative estimate of drug-likeness (QED) is 0.514. The Morgan fingerprint density at radius 1 is 0.897 bits per heavy atom. The number of phenolic OH excluding ortho intramolecular Hbond substituents is 1. The van der Waals surface area contributed by atoms with Crippen molar-refractivity contribution in [3.63, 3.8) is 0 Å². The number of benzene rings is 2. The van der Waals surface area contributed by atoms with E-state index in [1.165, 1.54) is 10.4 Å². The molecule has 5 heteroatoms. The highest BCUT2D eigenvalue weighted by Crippen LogP contribution is 2.42. The number of hydrogen-bond donors (Lipinski definition) is 1. The van der Waals surface area contributed by atoms with E-state index in [1.807, 2.05) is 12.1 Å². The number of fused-ring (bicyclic) bond motifs is 1. The maximum absolute atomic E-state index is 11.2. The van der Waals surface area contributed by atoms with Gasteiger partial charge in [-0.25, -0.2) is 0 Å². The Bertz CT molecular complexity index is 1050. The molecule has 1 heterocycles. The van der Waals surface area contributed by atoms with Crippen LogP contribution in [0.15, 0.2) is 30.3 Å². The van der Waals surface area contributed by atoms with E-state index in [0.717, 1.165) is 17.5 Å². The minimum Gasteiger partial charge on any atom is -0.505 e. The van der Waals surface area contributed by atoms with Gasteiger partial charge in [0, 0.05) is 10.6 Å². The molecule has 0 unspecified atom stereocenters. The molecule has 0 bridgehead atoms.